The lowest BCUT2D eigenvalue weighted by molar-refractivity contribution is 0.0949. The van der Waals surface area contributed by atoms with Crippen LogP contribution < -0.4 is 10.1 Å². The van der Waals surface area contributed by atoms with Gasteiger partial charge in [0.2, 0.25) is 0 Å². The van der Waals surface area contributed by atoms with Gasteiger partial charge in [-0.1, -0.05) is 13.8 Å². The van der Waals surface area contributed by atoms with Crippen molar-refractivity contribution >= 4 is 17.2 Å². The summed E-state index contributed by atoms with van der Waals surface area (Å²) in [4.78, 5) is 18.5. The summed E-state index contributed by atoms with van der Waals surface area (Å²) in [5.41, 5.74) is 3.34. The maximum Gasteiger partial charge on any atom is 0.251 e. The second-order valence-corrected chi connectivity index (χ2v) is 5.79. The van der Waals surface area contributed by atoms with Crippen LogP contribution >= 0.6 is 11.3 Å². The minimum atomic E-state index is -0.0526. The number of nitrogens with one attached hydrogen (secondary N) is 1. The third-order valence-electron chi connectivity index (χ3n) is 3.59. The SMILES string of the molecule is CCN(CC)CCNC(=O)c1ccc(OCc2cscn2)cc1. The van der Waals surface area contributed by atoms with Gasteiger partial charge in [-0.25, -0.2) is 4.98 Å². The number of amides is 1. The van der Waals surface area contributed by atoms with E-state index in [0.717, 1.165) is 31.1 Å². The Balaban J connectivity index is 1.78. The van der Waals surface area contributed by atoms with Crippen molar-refractivity contribution in [2.75, 3.05) is 26.2 Å². The number of thiazole rings is 1. The van der Waals surface area contributed by atoms with Crippen LogP contribution in [-0.2, 0) is 6.61 Å². The van der Waals surface area contributed by atoms with Crippen LogP contribution in [-0.4, -0.2) is 42.0 Å². The van der Waals surface area contributed by atoms with Crippen LogP contribution in [0.2, 0.25) is 0 Å². The number of ether oxygens (including phenoxy) is 1. The number of carbonyl (C=O) groups excluding carboxylic acids is 1. The molecule has 0 aliphatic carbocycles. The molecule has 0 aliphatic heterocycles. The fourth-order valence-corrected chi connectivity index (χ4v) is 2.68. The quantitative estimate of drug-likeness (QED) is 0.767. The van der Waals surface area contributed by atoms with Crippen molar-refractivity contribution in [2.45, 2.75) is 20.5 Å². The van der Waals surface area contributed by atoms with Crippen molar-refractivity contribution in [3.63, 3.8) is 0 Å². The first-order valence-electron chi connectivity index (χ1n) is 7.83. The fraction of sp³-hybridized carbons (Fsp3) is 0.412. The molecule has 1 aromatic carbocycles. The number of carbonyl (C=O) groups is 1. The molecule has 0 atom stereocenters. The Bertz CT molecular complexity index is 580. The van der Waals surface area contributed by atoms with E-state index in [2.05, 4.69) is 29.0 Å². The lowest BCUT2D eigenvalue weighted by Crippen LogP contribution is -2.34. The fourth-order valence-electron chi connectivity index (χ4n) is 2.14. The third kappa shape index (κ3) is 5.65. The Morgan fingerprint density at radius 1 is 1.26 bits per heavy atom. The smallest absolute Gasteiger partial charge is 0.251 e. The van der Waals surface area contributed by atoms with Gasteiger partial charge in [0.1, 0.15) is 12.4 Å². The highest BCUT2D eigenvalue weighted by Crippen LogP contribution is 2.14. The van der Waals surface area contributed by atoms with E-state index in [9.17, 15) is 4.79 Å². The summed E-state index contributed by atoms with van der Waals surface area (Å²) in [5, 5.41) is 4.90. The Hall–Kier alpha value is -1.92. The van der Waals surface area contributed by atoms with E-state index >= 15 is 0 Å². The second-order valence-electron chi connectivity index (χ2n) is 5.08. The van der Waals surface area contributed by atoms with Gasteiger partial charge in [-0.3, -0.25) is 4.79 Å². The molecule has 2 rings (SSSR count). The predicted molar refractivity (Wildman–Crippen MR) is 93.0 cm³/mol. The van der Waals surface area contributed by atoms with Gasteiger partial charge in [0.05, 0.1) is 11.2 Å². The maximum atomic E-state index is 12.1. The zero-order valence-electron chi connectivity index (χ0n) is 13.6. The molecule has 0 unspecified atom stereocenters. The first-order chi connectivity index (χ1) is 11.2. The highest BCUT2D eigenvalue weighted by atomic mass is 32.1. The Kier molecular flexibility index (Phi) is 7.03. The molecule has 0 saturated carbocycles. The number of hydrogen-bond acceptors (Lipinski definition) is 5. The minimum Gasteiger partial charge on any atom is -0.487 e. The molecular formula is C17H23N3O2S. The average molecular weight is 333 g/mol. The predicted octanol–water partition coefficient (Wildman–Crippen LogP) is 2.79. The zero-order valence-corrected chi connectivity index (χ0v) is 14.4. The maximum absolute atomic E-state index is 12.1. The third-order valence-corrected chi connectivity index (χ3v) is 4.23. The van der Waals surface area contributed by atoms with E-state index in [1.54, 1.807) is 29.0 Å². The van der Waals surface area contributed by atoms with Gasteiger partial charge in [-0.2, -0.15) is 0 Å². The first kappa shape index (κ1) is 17.4. The first-order valence-corrected chi connectivity index (χ1v) is 8.77. The van der Waals surface area contributed by atoms with Crippen LogP contribution in [0.3, 0.4) is 0 Å². The Labute approximate surface area is 141 Å². The summed E-state index contributed by atoms with van der Waals surface area (Å²) in [7, 11) is 0. The Morgan fingerprint density at radius 3 is 2.61 bits per heavy atom. The van der Waals surface area contributed by atoms with Gasteiger partial charge >= 0.3 is 0 Å². The van der Waals surface area contributed by atoms with Crippen molar-refractivity contribution in [3.05, 3.63) is 46.4 Å². The molecule has 0 radical (unpaired) electrons. The van der Waals surface area contributed by atoms with Gasteiger partial charge in [-0.05, 0) is 37.4 Å². The van der Waals surface area contributed by atoms with Crippen LogP contribution in [0.1, 0.15) is 29.9 Å². The molecule has 6 heteroatoms. The summed E-state index contributed by atoms with van der Waals surface area (Å²) in [6, 6.07) is 7.18. The molecule has 124 valence electrons. The Morgan fingerprint density at radius 2 is 2.00 bits per heavy atom. The van der Waals surface area contributed by atoms with Crippen molar-refractivity contribution < 1.29 is 9.53 Å². The van der Waals surface area contributed by atoms with Crippen molar-refractivity contribution in [2.24, 2.45) is 0 Å². The van der Waals surface area contributed by atoms with Crippen molar-refractivity contribution in [1.29, 1.82) is 0 Å². The van der Waals surface area contributed by atoms with E-state index in [1.165, 1.54) is 0 Å². The summed E-state index contributed by atoms with van der Waals surface area (Å²) < 4.78 is 5.63. The van der Waals surface area contributed by atoms with Gasteiger partial charge < -0.3 is 15.0 Å². The lowest BCUT2D eigenvalue weighted by atomic mass is 10.2. The summed E-state index contributed by atoms with van der Waals surface area (Å²) in [6.45, 7) is 8.20. The van der Waals surface area contributed by atoms with Gasteiger partial charge in [-0.15, -0.1) is 11.3 Å². The van der Waals surface area contributed by atoms with Crippen LogP contribution in [0.25, 0.3) is 0 Å². The number of rotatable bonds is 9. The number of hydrogen-bond donors (Lipinski definition) is 1. The van der Waals surface area contributed by atoms with E-state index in [1.807, 2.05) is 17.5 Å². The van der Waals surface area contributed by atoms with Gasteiger partial charge in [0.15, 0.2) is 0 Å². The molecule has 5 nitrogen and oxygen atoms in total. The molecule has 0 bridgehead atoms. The van der Waals surface area contributed by atoms with E-state index in [0.29, 0.717) is 18.7 Å². The highest BCUT2D eigenvalue weighted by molar-refractivity contribution is 7.07. The number of likely N-dealkylation sites (N-methyl/N-ethyl adjacent to an activating group) is 1. The average Bonchev–Trinajstić information content (AvgIpc) is 3.11. The van der Waals surface area contributed by atoms with Gasteiger partial charge in [0, 0.05) is 24.0 Å². The van der Waals surface area contributed by atoms with E-state index in [-0.39, 0.29) is 5.91 Å². The molecule has 1 aromatic heterocycles. The standard InChI is InChI=1S/C17H23N3O2S/c1-3-20(4-2)10-9-18-17(21)14-5-7-16(8-6-14)22-11-15-12-23-13-19-15/h5-8,12-13H,3-4,9-11H2,1-2H3,(H,18,21). The topological polar surface area (TPSA) is 54.5 Å². The summed E-state index contributed by atoms with van der Waals surface area (Å²) in [5.74, 6) is 0.681. The summed E-state index contributed by atoms with van der Waals surface area (Å²) in [6.07, 6.45) is 0. The number of benzene rings is 1. The molecule has 0 spiro atoms. The molecule has 1 heterocycles. The van der Waals surface area contributed by atoms with Crippen LogP contribution in [0.5, 0.6) is 5.75 Å². The molecule has 0 fully saturated rings. The molecule has 1 amide bonds. The molecular weight excluding hydrogens is 310 g/mol. The largest absolute Gasteiger partial charge is 0.487 e. The van der Waals surface area contributed by atoms with Crippen molar-refractivity contribution in [3.8, 4) is 5.75 Å². The van der Waals surface area contributed by atoms with Crippen LogP contribution in [0, 0.1) is 0 Å². The molecule has 23 heavy (non-hydrogen) atoms. The molecule has 0 aliphatic rings. The van der Waals surface area contributed by atoms with Crippen molar-refractivity contribution in [1.82, 2.24) is 15.2 Å². The van der Waals surface area contributed by atoms with E-state index < -0.39 is 0 Å². The molecule has 2 aromatic rings. The van der Waals surface area contributed by atoms with E-state index in [4.69, 9.17) is 4.74 Å². The second kappa shape index (κ2) is 9.27. The van der Waals surface area contributed by atoms with Crippen LogP contribution in [0.4, 0.5) is 0 Å². The minimum absolute atomic E-state index is 0.0526. The number of nitrogens with zero attached hydrogens (tertiary/aromatic N) is 2. The summed E-state index contributed by atoms with van der Waals surface area (Å²) >= 11 is 1.55. The normalized spacial score (nSPS) is 10.7. The van der Waals surface area contributed by atoms with Crippen LogP contribution in [0.15, 0.2) is 35.2 Å². The van der Waals surface area contributed by atoms with Gasteiger partial charge in [0.25, 0.3) is 5.91 Å². The zero-order chi connectivity index (χ0) is 16.5. The lowest BCUT2D eigenvalue weighted by Gasteiger charge is -2.17. The monoisotopic (exact) mass is 333 g/mol. The molecule has 1 N–H and O–H groups in total. The highest BCUT2D eigenvalue weighted by Gasteiger charge is 2.06. The molecule has 0 saturated heterocycles. The number of aromatic nitrogens is 1.